The van der Waals surface area contributed by atoms with Crippen LogP contribution in [0.15, 0.2) is 42.5 Å². The Morgan fingerprint density at radius 1 is 1.15 bits per heavy atom. The molecule has 2 aliphatic rings. The van der Waals surface area contributed by atoms with Crippen molar-refractivity contribution in [3.8, 4) is 5.75 Å². The monoisotopic (exact) mass is 376 g/mol. The lowest BCUT2D eigenvalue weighted by molar-refractivity contribution is -0.137. The van der Waals surface area contributed by atoms with Crippen LogP contribution in [0.1, 0.15) is 24.0 Å². The second-order valence-corrected chi connectivity index (χ2v) is 6.83. The lowest BCUT2D eigenvalue weighted by atomic mass is 10.0. The van der Waals surface area contributed by atoms with E-state index in [4.69, 9.17) is 4.74 Å². The molecule has 27 heavy (non-hydrogen) atoms. The molecule has 0 spiro atoms. The summed E-state index contributed by atoms with van der Waals surface area (Å²) in [6, 6.07) is 10.6. The van der Waals surface area contributed by atoms with Crippen molar-refractivity contribution in [2.24, 2.45) is 0 Å². The molecule has 7 heteroatoms. The molecule has 1 saturated heterocycles. The summed E-state index contributed by atoms with van der Waals surface area (Å²) < 4.78 is 44.9. The number of hydrogen-bond donors (Lipinski definition) is 0. The van der Waals surface area contributed by atoms with Crippen LogP contribution in [0.25, 0.3) is 0 Å². The number of benzene rings is 2. The molecule has 0 aliphatic carbocycles. The van der Waals surface area contributed by atoms with Crippen molar-refractivity contribution in [2.75, 3.05) is 23.5 Å². The van der Waals surface area contributed by atoms with Gasteiger partial charge in [0.15, 0.2) is 0 Å². The Hall–Kier alpha value is -2.70. The average molecular weight is 376 g/mol. The van der Waals surface area contributed by atoms with Gasteiger partial charge in [-0.05, 0) is 48.7 Å². The molecule has 0 bridgehead atoms. The van der Waals surface area contributed by atoms with Gasteiger partial charge in [-0.25, -0.2) is 0 Å². The maximum absolute atomic E-state index is 13.2. The predicted molar refractivity (Wildman–Crippen MR) is 96.0 cm³/mol. The van der Waals surface area contributed by atoms with E-state index in [0.717, 1.165) is 24.1 Å². The zero-order valence-corrected chi connectivity index (χ0v) is 14.8. The standard InChI is InChI=1S/C20H19F3N2O2/c1-27-15-5-2-4-13(10-15)12-25-18-11-14(20(21,22)23)7-8-16(18)24-9-3-6-17(24)19(25)26/h2,4-5,7-8,10-11,17H,3,6,9,12H2,1H3/t17-/m0/s1. The molecule has 0 unspecified atom stereocenters. The number of amides is 1. The summed E-state index contributed by atoms with van der Waals surface area (Å²) in [4.78, 5) is 16.5. The van der Waals surface area contributed by atoms with E-state index in [1.54, 1.807) is 25.3 Å². The van der Waals surface area contributed by atoms with Gasteiger partial charge in [0.25, 0.3) is 0 Å². The Labute approximate surface area is 155 Å². The van der Waals surface area contributed by atoms with Crippen LogP contribution in [0.5, 0.6) is 5.75 Å². The molecule has 1 atom stereocenters. The summed E-state index contributed by atoms with van der Waals surface area (Å²) in [5.74, 6) is 0.492. The van der Waals surface area contributed by atoms with Crippen LogP contribution < -0.4 is 14.5 Å². The van der Waals surface area contributed by atoms with Gasteiger partial charge < -0.3 is 14.5 Å². The first kappa shape index (κ1) is 17.7. The number of rotatable bonds is 3. The number of anilines is 2. The van der Waals surface area contributed by atoms with Gasteiger partial charge >= 0.3 is 6.18 Å². The van der Waals surface area contributed by atoms with Crippen molar-refractivity contribution >= 4 is 17.3 Å². The Morgan fingerprint density at radius 2 is 1.96 bits per heavy atom. The smallest absolute Gasteiger partial charge is 0.416 e. The third kappa shape index (κ3) is 3.11. The third-order valence-electron chi connectivity index (χ3n) is 5.18. The Kier molecular flexibility index (Phi) is 4.25. The van der Waals surface area contributed by atoms with Crippen LogP contribution in [-0.2, 0) is 17.5 Å². The van der Waals surface area contributed by atoms with Gasteiger partial charge in [-0.1, -0.05) is 12.1 Å². The predicted octanol–water partition coefficient (Wildman–Crippen LogP) is 4.23. The highest BCUT2D eigenvalue weighted by Crippen LogP contribution is 2.43. The number of carbonyl (C=O) groups is 1. The Morgan fingerprint density at radius 3 is 2.70 bits per heavy atom. The minimum absolute atomic E-state index is 0.151. The number of hydrogen-bond acceptors (Lipinski definition) is 3. The van der Waals surface area contributed by atoms with Crippen molar-refractivity contribution in [2.45, 2.75) is 31.6 Å². The molecular weight excluding hydrogens is 357 g/mol. The van der Waals surface area contributed by atoms with Gasteiger partial charge in [0.1, 0.15) is 11.8 Å². The highest BCUT2D eigenvalue weighted by molar-refractivity contribution is 6.06. The van der Waals surface area contributed by atoms with Crippen molar-refractivity contribution in [3.63, 3.8) is 0 Å². The fourth-order valence-electron chi connectivity index (χ4n) is 3.89. The van der Waals surface area contributed by atoms with Gasteiger partial charge in [0, 0.05) is 6.54 Å². The molecule has 2 heterocycles. The second kappa shape index (κ2) is 6.48. The summed E-state index contributed by atoms with van der Waals surface area (Å²) in [7, 11) is 1.55. The molecule has 4 rings (SSSR count). The lowest BCUT2D eigenvalue weighted by Crippen LogP contribution is -2.50. The van der Waals surface area contributed by atoms with Gasteiger partial charge in [-0.2, -0.15) is 13.2 Å². The van der Waals surface area contributed by atoms with Crippen LogP contribution in [0, 0.1) is 0 Å². The highest BCUT2D eigenvalue weighted by Gasteiger charge is 2.42. The fourth-order valence-corrected chi connectivity index (χ4v) is 3.89. The molecular formula is C20H19F3N2O2. The Bertz CT molecular complexity index is 882. The van der Waals surface area contributed by atoms with E-state index in [1.807, 2.05) is 11.0 Å². The van der Waals surface area contributed by atoms with E-state index < -0.39 is 11.7 Å². The molecule has 142 valence electrons. The molecule has 1 fully saturated rings. The topological polar surface area (TPSA) is 32.8 Å². The van der Waals surface area contributed by atoms with Crippen LogP contribution in [-0.4, -0.2) is 25.6 Å². The number of fused-ring (bicyclic) bond motifs is 3. The summed E-state index contributed by atoms with van der Waals surface area (Å²) >= 11 is 0. The first-order chi connectivity index (χ1) is 12.9. The molecule has 0 aromatic heterocycles. The molecule has 1 amide bonds. The first-order valence-electron chi connectivity index (χ1n) is 8.80. The van der Waals surface area contributed by atoms with Crippen LogP contribution >= 0.6 is 0 Å². The van der Waals surface area contributed by atoms with Crippen LogP contribution in [0.2, 0.25) is 0 Å². The van der Waals surface area contributed by atoms with Crippen molar-refractivity contribution in [3.05, 3.63) is 53.6 Å². The molecule has 2 aliphatic heterocycles. The molecule has 0 radical (unpaired) electrons. The third-order valence-corrected chi connectivity index (χ3v) is 5.18. The number of carbonyl (C=O) groups excluding carboxylic acids is 1. The van der Waals surface area contributed by atoms with Gasteiger partial charge in [-0.15, -0.1) is 0 Å². The van der Waals surface area contributed by atoms with Gasteiger partial charge in [0.2, 0.25) is 5.91 Å². The number of alkyl halides is 3. The lowest BCUT2D eigenvalue weighted by Gasteiger charge is -2.40. The SMILES string of the molecule is COc1cccc(CN2C(=O)[C@@H]3CCCN3c3ccc(C(F)(F)F)cc32)c1. The average Bonchev–Trinajstić information content (AvgIpc) is 3.14. The largest absolute Gasteiger partial charge is 0.497 e. The summed E-state index contributed by atoms with van der Waals surface area (Å²) in [5, 5.41) is 0. The first-order valence-corrected chi connectivity index (χ1v) is 8.80. The number of ether oxygens (including phenoxy) is 1. The zero-order valence-electron chi connectivity index (χ0n) is 14.8. The van der Waals surface area contributed by atoms with Crippen molar-refractivity contribution in [1.82, 2.24) is 0 Å². The number of halogens is 3. The molecule has 0 N–H and O–H groups in total. The molecule has 0 saturated carbocycles. The van der Waals surface area contributed by atoms with E-state index in [1.165, 1.54) is 11.0 Å². The minimum Gasteiger partial charge on any atom is -0.497 e. The minimum atomic E-state index is -4.46. The molecule has 2 aromatic rings. The maximum Gasteiger partial charge on any atom is 0.416 e. The maximum atomic E-state index is 13.2. The molecule has 4 nitrogen and oxygen atoms in total. The summed E-state index contributed by atoms with van der Waals surface area (Å²) in [6.07, 6.45) is -2.89. The van der Waals surface area contributed by atoms with Crippen LogP contribution in [0.3, 0.4) is 0 Å². The Balaban J connectivity index is 1.78. The van der Waals surface area contributed by atoms with E-state index in [-0.39, 0.29) is 18.5 Å². The molecule has 2 aromatic carbocycles. The van der Waals surface area contributed by atoms with E-state index in [2.05, 4.69) is 0 Å². The van der Waals surface area contributed by atoms with Crippen molar-refractivity contribution < 1.29 is 22.7 Å². The quantitative estimate of drug-likeness (QED) is 0.804. The van der Waals surface area contributed by atoms with E-state index in [9.17, 15) is 18.0 Å². The van der Waals surface area contributed by atoms with Crippen LogP contribution in [0.4, 0.5) is 24.5 Å². The van der Waals surface area contributed by atoms with E-state index >= 15 is 0 Å². The fraction of sp³-hybridized carbons (Fsp3) is 0.350. The summed E-state index contributed by atoms with van der Waals surface area (Å²) in [5.41, 5.74) is 1.06. The second-order valence-electron chi connectivity index (χ2n) is 6.83. The zero-order chi connectivity index (χ0) is 19.2. The van der Waals surface area contributed by atoms with Crippen molar-refractivity contribution in [1.29, 1.82) is 0 Å². The highest BCUT2D eigenvalue weighted by atomic mass is 19.4. The van der Waals surface area contributed by atoms with Gasteiger partial charge in [-0.3, -0.25) is 4.79 Å². The number of nitrogens with zero attached hydrogens (tertiary/aromatic N) is 2. The van der Waals surface area contributed by atoms with E-state index in [0.29, 0.717) is 30.1 Å². The normalized spacial score (nSPS) is 19.1. The summed E-state index contributed by atoms with van der Waals surface area (Å²) in [6.45, 7) is 0.885. The van der Waals surface area contributed by atoms with Gasteiger partial charge in [0.05, 0.1) is 30.6 Å². The number of methoxy groups -OCH3 is 1.